The third kappa shape index (κ3) is 3.38. The third-order valence-corrected chi connectivity index (χ3v) is 5.62. The molecule has 0 radical (unpaired) electrons. The average Bonchev–Trinajstić information content (AvgIpc) is 3.22. The standard InChI is InChI=1S/C22H23FN4O3/c1-11-9-25-22(29-3)12(2)19(11)14-7-18-15(6-17(14)23)20(16(8-24)21(28)27-18)26-13-4-5-30-10-13/h6-9,13,24H,4-5,10H2,1-3H3,(H2,26,27,28)/p+1. The molecule has 0 saturated carbocycles. The highest BCUT2D eigenvalue weighted by atomic mass is 19.1. The van der Waals surface area contributed by atoms with E-state index >= 15 is 4.39 Å². The predicted molar refractivity (Wildman–Crippen MR) is 112 cm³/mol. The van der Waals surface area contributed by atoms with Crippen molar-refractivity contribution >= 4 is 22.8 Å². The smallest absolute Gasteiger partial charge is 0.263 e. The van der Waals surface area contributed by atoms with Gasteiger partial charge in [0, 0.05) is 30.0 Å². The normalized spacial score (nSPS) is 16.2. The Kier molecular flexibility index (Phi) is 5.36. The van der Waals surface area contributed by atoms with E-state index in [-0.39, 0.29) is 17.2 Å². The van der Waals surface area contributed by atoms with Crippen molar-refractivity contribution in [2.75, 3.05) is 20.3 Å². The van der Waals surface area contributed by atoms with Gasteiger partial charge in [-0.2, -0.15) is 0 Å². The lowest BCUT2D eigenvalue weighted by molar-refractivity contribution is -0.607. The summed E-state index contributed by atoms with van der Waals surface area (Å²) in [6.07, 6.45) is 3.50. The van der Waals surface area contributed by atoms with Crippen molar-refractivity contribution in [3.63, 3.8) is 0 Å². The van der Waals surface area contributed by atoms with Crippen molar-refractivity contribution in [3.05, 3.63) is 51.2 Å². The van der Waals surface area contributed by atoms with Crippen LogP contribution in [0.15, 0.2) is 23.1 Å². The van der Waals surface area contributed by atoms with E-state index in [1.165, 1.54) is 13.2 Å². The van der Waals surface area contributed by atoms with Crippen LogP contribution >= 0.6 is 0 Å². The molecule has 2 aromatic heterocycles. The second-order valence-electron chi connectivity index (χ2n) is 7.54. The van der Waals surface area contributed by atoms with Crippen LogP contribution < -0.4 is 15.6 Å². The van der Waals surface area contributed by atoms with Crippen molar-refractivity contribution in [2.45, 2.75) is 26.3 Å². The summed E-state index contributed by atoms with van der Waals surface area (Å²) in [5.74, 6) is 0.0141. The summed E-state index contributed by atoms with van der Waals surface area (Å²) >= 11 is 0. The highest BCUT2D eigenvalue weighted by molar-refractivity contribution is 5.98. The molecule has 4 N–H and O–H groups in total. The first-order valence-corrected chi connectivity index (χ1v) is 9.77. The summed E-state index contributed by atoms with van der Waals surface area (Å²) in [6, 6.07) is 3.21. The number of methoxy groups -OCH3 is 1. The van der Waals surface area contributed by atoms with E-state index in [1.54, 1.807) is 12.3 Å². The minimum atomic E-state index is -0.415. The predicted octanol–water partition coefficient (Wildman–Crippen LogP) is 2.34. The van der Waals surface area contributed by atoms with Crippen molar-refractivity contribution in [1.29, 1.82) is 5.41 Å². The molecule has 7 nitrogen and oxygen atoms in total. The Morgan fingerprint density at radius 1 is 1.40 bits per heavy atom. The number of benzene rings is 1. The van der Waals surface area contributed by atoms with Crippen molar-refractivity contribution in [2.24, 2.45) is 0 Å². The maximum absolute atomic E-state index is 15.4. The van der Waals surface area contributed by atoms with Crippen LogP contribution in [0.2, 0.25) is 0 Å². The molecule has 8 heteroatoms. The number of quaternary nitrogens is 1. The lowest BCUT2D eigenvalue weighted by Crippen LogP contribution is -2.85. The largest absolute Gasteiger partial charge is 0.481 e. The molecule has 1 unspecified atom stereocenters. The highest BCUT2D eigenvalue weighted by Crippen LogP contribution is 2.35. The Hall–Kier alpha value is -3.10. The van der Waals surface area contributed by atoms with Gasteiger partial charge in [0.25, 0.3) is 5.56 Å². The number of nitrogens with two attached hydrogens (primary N) is 1. The first kappa shape index (κ1) is 20.2. The number of nitrogens with zero attached hydrogens (tertiary/aromatic N) is 1. The van der Waals surface area contributed by atoms with Gasteiger partial charge in [0.1, 0.15) is 17.4 Å². The van der Waals surface area contributed by atoms with Gasteiger partial charge in [-0.15, -0.1) is 0 Å². The topological polar surface area (TPSA) is 105 Å². The van der Waals surface area contributed by atoms with E-state index in [1.807, 2.05) is 19.2 Å². The molecule has 1 aromatic carbocycles. The van der Waals surface area contributed by atoms with Crippen LogP contribution in [0.1, 0.15) is 23.1 Å². The number of pyridine rings is 2. The number of rotatable bonds is 5. The lowest BCUT2D eigenvalue weighted by Gasteiger charge is -2.16. The monoisotopic (exact) mass is 411 g/mol. The van der Waals surface area contributed by atoms with Gasteiger partial charge >= 0.3 is 0 Å². The molecule has 0 bridgehead atoms. The Morgan fingerprint density at radius 2 is 2.20 bits per heavy atom. The Morgan fingerprint density at radius 3 is 2.87 bits per heavy atom. The molecule has 1 aliphatic heterocycles. The summed E-state index contributed by atoms with van der Waals surface area (Å²) in [4.78, 5) is 19.7. The molecule has 156 valence electrons. The molecule has 0 spiro atoms. The molecule has 30 heavy (non-hydrogen) atoms. The Balaban J connectivity index is 1.96. The number of hydrogen-bond acceptors (Lipinski definition) is 5. The van der Waals surface area contributed by atoms with E-state index in [4.69, 9.17) is 14.9 Å². The molecule has 1 atom stereocenters. The number of hydrogen-bond donors (Lipinski definition) is 3. The lowest BCUT2D eigenvalue weighted by atomic mass is 9.95. The summed E-state index contributed by atoms with van der Waals surface area (Å²) in [6.45, 7) is 4.90. The first-order valence-electron chi connectivity index (χ1n) is 9.77. The third-order valence-electron chi connectivity index (χ3n) is 5.62. The second kappa shape index (κ2) is 7.97. The van der Waals surface area contributed by atoms with Gasteiger partial charge < -0.3 is 25.2 Å². The van der Waals surface area contributed by atoms with Gasteiger partial charge in [-0.1, -0.05) is 0 Å². The summed E-state index contributed by atoms with van der Waals surface area (Å²) in [5.41, 5.74) is 3.52. The van der Waals surface area contributed by atoms with Crippen molar-refractivity contribution in [1.82, 2.24) is 9.97 Å². The molecule has 3 heterocycles. The van der Waals surface area contributed by atoms with E-state index in [9.17, 15) is 4.79 Å². The van der Waals surface area contributed by atoms with Gasteiger partial charge in [-0.3, -0.25) is 4.79 Å². The summed E-state index contributed by atoms with van der Waals surface area (Å²) in [5, 5.41) is 10.2. The van der Waals surface area contributed by atoms with Crippen LogP contribution in [-0.2, 0) is 4.74 Å². The van der Waals surface area contributed by atoms with Crippen LogP contribution in [0.5, 0.6) is 5.88 Å². The zero-order valence-corrected chi connectivity index (χ0v) is 17.1. The number of ether oxygens (including phenoxy) is 2. The van der Waals surface area contributed by atoms with Crippen molar-refractivity contribution < 1.29 is 19.2 Å². The SMILES string of the molecule is COc1ncc(C)c(-c2cc3[nH]c(=O)c(C=N)c([NH2+]C4CCOC4)c3cc2F)c1C. The number of aryl methyl sites for hydroxylation is 1. The van der Waals surface area contributed by atoms with E-state index in [2.05, 4.69) is 9.97 Å². The van der Waals surface area contributed by atoms with Gasteiger partial charge in [0.15, 0.2) is 5.69 Å². The van der Waals surface area contributed by atoms with E-state index in [0.717, 1.165) is 23.8 Å². The molecular formula is C22H24FN4O3+. The van der Waals surface area contributed by atoms with Crippen LogP contribution in [-0.4, -0.2) is 42.5 Å². The molecule has 1 aliphatic rings. The number of aromatic nitrogens is 2. The van der Waals surface area contributed by atoms with Gasteiger partial charge in [0.2, 0.25) is 5.88 Å². The maximum atomic E-state index is 15.4. The first-order chi connectivity index (χ1) is 14.4. The van der Waals surface area contributed by atoms with Crippen molar-refractivity contribution in [3.8, 4) is 17.0 Å². The number of aromatic amines is 1. The molecule has 1 fully saturated rings. The van der Waals surface area contributed by atoms with Crippen LogP contribution in [0.4, 0.5) is 10.1 Å². The van der Waals surface area contributed by atoms with Crippen LogP contribution in [0, 0.1) is 25.1 Å². The Labute approximate surface area is 172 Å². The number of fused-ring (bicyclic) bond motifs is 1. The van der Waals surface area contributed by atoms with Gasteiger partial charge in [-0.25, -0.2) is 9.37 Å². The number of halogens is 1. The summed E-state index contributed by atoms with van der Waals surface area (Å²) < 4.78 is 26.1. The minimum absolute atomic E-state index is 0.130. The number of H-pyrrole nitrogens is 1. The second-order valence-corrected chi connectivity index (χ2v) is 7.54. The fourth-order valence-corrected chi connectivity index (χ4v) is 4.13. The zero-order chi connectivity index (χ0) is 21.4. The van der Waals surface area contributed by atoms with E-state index < -0.39 is 5.82 Å². The quantitative estimate of drug-likeness (QED) is 0.561. The number of nitrogens with one attached hydrogen (secondary N) is 2. The van der Waals surface area contributed by atoms with Crippen LogP contribution in [0.25, 0.3) is 22.0 Å². The fourth-order valence-electron chi connectivity index (χ4n) is 4.13. The summed E-state index contributed by atoms with van der Waals surface area (Å²) in [7, 11) is 1.52. The van der Waals surface area contributed by atoms with E-state index in [0.29, 0.717) is 46.8 Å². The zero-order valence-electron chi connectivity index (χ0n) is 17.1. The molecule has 0 aliphatic carbocycles. The highest BCUT2D eigenvalue weighted by Gasteiger charge is 2.25. The molecular weight excluding hydrogens is 387 g/mol. The molecule has 0 amide bonds. The fraction of sp³-hybridized carbons (Fsp3) is 0.318. The minimum Gasteiger partial charge on any atom is -0.481 e. The van der Waals surface area contributed by atoms with Gasteiger partial charge in [0.05, 0.1) is 31.2 Å². The van der Waals surface area contributed by atoms with Gasteiger partial charge in [-0.05, 0) is 37.1 Å². The maximum Gasteiger partial charge on any atom is 0.263 e. The molecule has 1 saturated heterocycles. The van der Waals surface area contributed by atoms with Crippen LogP contribution in [0.3, 0.4) is 0 Å². The Bertz CT molecular complexity index is 1200. The average molecular weight is 411 g/mol. The molecule has 3 aromatic rings. The molecule has 4 rings (SSSR count).